The lowest BCUT2D eigenvalue weighted by atomic mass is 9.99. The lowest BCUT2D eigenvalue weighted by molar-refractivity contribution is -0.245. The van der Waals surface area contributed by atoms with Gasteiger partial charge >= 0.3 is 0 Å². The summed E-state index contributed by atoms with van der Waals surface area (Å²) in [5.41, 5.74) is 12.0. The van der Waals surface area contributed by atoms with Crippen LogP contribution in [0.4, 0.5) is 0 Å². The van der Waals surface area contributed by atoms with Crippen molar-refractivity contribution < 1.29 is 19.7 Å². The quantitative estimate of drug-likeness (QED) is 0.401. The van der Waals surface area contributed by atoms with Crippen LogP contribution in [0.5, 0.6) is 0 Å². The maximum atomic E-state index is 9.36. The molecule has 0 aromatic heterocycles. The van der Waals surface area contributed by atoms with Gasteiger partial charge in [0.05, 0.1) is 25.4 Å². The summed E-state index contributed by atoms with van der Waals surface area (Å²) >= 11 is 1.69. The molecular formula is C27H31NO4S. The van der Waals surface area contributed by atoms with Crippen LogP contribution >= 0.6 is 11.8 Å². The highest BCUT2D eigenvalue weighted by Gasteiger charge is 2.32. The fourth-order valence-corrected chi connectivity index (χ4v) is 4.82. The normalized spacial score (nSPS) is 20.6. The summed E-state index contributed by atoms with van der Waals surface area (Å²) in [6.07, 6.45) is 0.150. The van der Waals surface area contributed by atoms with E-state index in [1.807, 2.05) is 48.5 Å². The molecule has 0 saturated carbocycles. The molecular weight excluding hydrogens is 434 g/mol. The van der Waals surface area contributed by atoms with Gasteiger partial charge in [-0.05, 0) is 39.9 Å². The van der Waals surface area contributed by atoms with Gasteiger partial charge in [0, 0.05) is 30.0 Å². The van der Waals surface area contributed by atoms with Crippen molar-refractivity contribution in [1.82, 2.24) is 0 Å². The molecule has 3 atom stereocenters. The van der Waals surface area contributed by atoms with E-state index in [2.05, 4.69) is 24.3 Å². The summed E-state index contributed by atoms with van der Waals surface area (Å²) < 4.78 is 12.8. The van der Waals surface area contributed by atoms with Crippen molar-refractivity contribution in [3.05, 3.63) is 95.1 Å². The summed E-state index contributed by atoms with van der Waals surface area (Å²) in [4.78, 5) is 0. The van der Waals surface area contributed by atoms with E-state index in [1.54, 1.807) is 11.8 Å². The first-order valence-corrected chi connectivity index (χ1v) is 12.4. The van der Waals surface area contributed by atoms with E-state index >= 15 is 0 Å². The van der Waals surface area contributed by atoms with Crippen LogP contribution in [0.1, 0.15) is 41.1 Å². The van der Waals surface area contributed by atoms with Crippen LogP contribution in [0.25, 0.3) is 11.1 Å². The molecule has 4 rings (SSSR count). The molecule has 0 amide bonds. The molecule has 0 bridgehead atoms. The Balaban J connectivity index is 1.58. The van der Waals surface area contributed by atoms with Crippen molar-refractivity contribution in [1.29, 1.82) is 0 Å². The summed E-state index contributed by atoms with van der Waals surface area (Å²) in [7, 11) is 0. The van der Waals surface area contributed by atoms with Gasteiger partial charge in [-0.1, -0.05) is 60.7 Å². The number of hydrogen-bond donors (Lipinski definition) is 3. The number of aliphatic hydroxyl groups is 2. The van der Waals surface area contributed by atoms with Crippen LogP contribution in [0.2, 0.25) is 0 Å². The minimum absolute atomic E-state index is 0.00652. The monoisotopic (exact) mass is 465 g/mol. The first kappa shape index (κ1) is 24.0. The molecule has 0 radical (unpaired) electrons. The Bertz CT molecular complexity index is 1030. The van der Waals surface area contributed by atoms with Crippen molar-refractivity contribution in [3.63, 3.8) is 0 Å². The maximum Gasteiger partial charge on any atom is 0.184 e. The molecule has 3 unspecified atom stereocenters. The van der Waals surface area contributed by atoms with E-state index < -0.39 is 6.29 Å². The molecule has 0 aliphatic carbocycles. The fourth-order valence-electron chi connectivity index (χ4n) is 4.04. The van der Waals surface area contributed by atoms with Crippen LogP contribution in [0, 0.1) is 0 Å². The van der Waals surface area contributed by atoms with E-state index in [0.717, 1.165) is 45.6 Å². The molecule has 1 aliphatic rings. The maximum absolute atomic E-state index is 9.36. The molecule has 0 spiro atoms. The molecule has 6 heteroatoms. The minimum atomic E-state index is -0.487. The van der Waals surface area contributed by atoms with Crippen molar-refractivity contribution in [2.45, 2.75) is 38.1 Å². The Hall–Kier alpha value is -2.19. The predicted molar refractivity (Wildman–Crippen MR) is 133 cm³/mol. The van der Waals surface area contributed by atoms with Gasteiger partial charge in [-0.2, -0.15) is 11.8 Å². The number of nitrogens with two attached hydrogens (primary N) is 1. The highest BCUT2D eigenvalue weighted by atomic mass is 32.2. The molecule has 4 N–H and O–H groups in total. The second-order valence-electron chi connectivity index (χ2n) is 8.18. The van der Waals surface area contributed by atoms with E-state index in [0.29, 0.717) is 12.3 Å². The third-order valence-corrected chi connectivity index (χ3v) is 6.89. The van der Waals surface area contributed by atoms with E-state index in [4.69, 9.17) is 20.3 Å². The summed E-state index contributed by atoms with van der Waals surface area (Å²) in [6, 6.07) is 24.4. The Morgan fingerprint density at radius 2 is 1.61 bits per heavy atom. The van der Waals surface area contributed by atoms with Crippen molar-refractivity contribution in [2.75, 3.05) is 18.1 Å². The average Bonchev–Trinajstić information content (AvgIpc) is 2.89. The summed E-state index contributed by atoms with van der Waals surface area (Å²) in [5.74, 6) is 1.48. The Morgan fingerprint density at radius 3 is 2.33 bits per heavy atom. The molecule has 33 heavy (non-hydrogen) atoms. The number of thioether (sulfide) groups is 1. The number of benzene rings is 3. The van der Waals surface area contributed by atoms with Gasteiger partial charge in [0.25, 0.3) is 0 Å². The summed E-state index contributed by atoms with van der Waals surface area (Å²) in [5, 5.41) is 18.5. The third-order valence-electron chi connectivity index (χ3n) is 5.81. The van der Waals surface area contributed by atoms with Gasteiger partial charge in [-0.25, -0.2) is 0 Å². The smallest absolute Gasteiger partial charge is 0.184 e. The first-order valence-electron chi connectivity index (χ1n) is 11.3. The average molecular weight is 466 g/mol. The van der Waals surface area contributed by atoms with Crippen molar-refractivity contribution >= 4 is 11.8 Å². The highest BCUT2D eigenvalue weighted by molar-refractivity contribution is 7.99. The molecule has 3 aromatic carbocycles. The van der Waals surface area contributed by atoms with Gasteiger partial charge in [-0.3, -0.25) is 0 Å². The van der Waals surface area contributed by atoms with Crippen molar-refractivity contribution in [3.8, 4) is 11.1 Å². The molecule has 1 aliphatic heterocycles. The molecule has 3 aromatic rings. The van der Waals surface area contributed by atoms with E-state index in [1.165, 1.54) is 0 Å². The second-order valence-corrected chi connectivity index (χ2v) is 9.33. The molecule has 1 heterocycles. The molecule has 174 valence electrons. The third kappa shape index (κ3) is 6.23. The number of aliphatic hydroxyl groups excluding tert-OH is 2. The van der Waals surface area contributed by atoms with Crippen LogP contribution in [-0.2, 0) is 22.6 Å². The number of rotatable bonds is 9. The van der Waals surface area contributed by atoms with Crippen LogP contribution in [-0.4, -0.2) is 34.4 Å². The zero-order valence-corrected chi connectivity index (χ0v) is 19.4. The Labute approximate surface area is 199 Å². The van der Waals surface area contributed by atoms with Crippen LogP contribution in [0.15, 0.2) is 72.8 Å². The number of hydrogen-bond acceptors (Lipinski definition) is 6. The SMILES string of the molecule is NCc1cccc(-c2cccc(C3OC(CSCCO)CC(c4ccc(CO)cc4)O3)c2)c1. The first-order chi connectivity index (χ1) is 16.2. The lowest BCUT2D eigenvalue weighted by Crippen LogP contribution is -2.31. The zero-order valence-electron chi connectivity index (χ0n) is 18.6. The fraction of sp³-hybridized carbons (Fsp3) is 0.333. The van der Waals surface area contributed by atoms with E-state index in [-0.39, 0.29) is 25.4 Å². The molecule has 5 nitrogen and oxygen atoms in total. The second kappa shape index (κ2) is 11.8. The van der Waals surface area contributed by atoms with Gasteiger partial charge < -0.3 is 25.4 Å². The van der Waals surface area contributed by atoms with Gasteiger partial charge in [0.2, 0.25) is 0 Å². The zero-order chi connectivity index (χ0) is 23.0. The van der Waals surface area contributed by atoms with Crippen LogP contribution in [0.3, 0.4) is 0 Å². The van der Waals surface area contributed by atoms with Gasteiger partial charge in [0.1, 0.15) is 0 Å². The highest BCUT2D eigenvalue weighted by Crippen LogP contribution is 2.39. The van der Waals surface area contributed by atoms with Gasteiger partial charge in [-0.15, -0.1) is 0 Å². The Morgan fingerprint density at radius 1 is 0.848 bits per heavy atom. The number of ether oxygens (including phenoxy) is 2. The lowest BCUT2D eigenvalue weighted by Gasteiger charge is -2.36. The Kier molecular flexibility index (Phi) is 8.56. The van der Waals surface area contributed by atoms with E-state index in [9.17, 15) is 5.11 Å². The van der Waals surface area contributed by atoms with Crippen molar-refractivity contribution in [2.24, 2.45) is 5.73 Å². The summed E-state index contributed by atoms with van der Waals surface area (Å²) in [6.45, 7) is 0.690. The largest absolute Gasteiger partial charge is 0.396 e. The predicted octanol–water partition coefficient (Wildman–Crippen LogP) is 4.58. The van der Waals surface area contributed by atoms with Crippen LogP contribution < -0.4 is 5.73 Å². The van der Waals surface area contributed by atoms with Gasteiger partial charge in [0.15, 0.2) is 6.29 Å². The standard InChI is InChI=1S/C27H31NO4S/c28-16-20-3-1-4-22(13-20)23-5-2-6-24(14-23)27-31-25(18-33-12-11-29)15-26(32-27)21-9-7-19(17-30)8-10-21/h1-10,13-14,25-27,29-30H,11-12,15-18,28H2. The molecule has 1 fully saturated rings. The molecule has 1 saturated heterocycles. The topological polar surface area (TPSA) is 84.9 Å². The minimum Gasteiger partial charge on any atom is -0.396 e.